The summed E-state index contributed by atoms with van der Waals surface area (Å²) in [5.41, 5.74) is -0.388. The smallest absolute Gasteiger partial charge is 0.296 e. The van der Waals surface area contributed by atoms with Crippen LogP contribution in [0.15, 0.2) is 26.1 Å². The van der Waals surface area contributed by atoms with E-state index in [1.54, 1.807) is 6.92 Å². The summed E-state index contributed by atoms with van der Waals surface area (Å²) in [4.78, 5) is 24.1. The maximum absolute atomic E-state index is 12.1. The van der Waals surface area contributed by atoms with Gasteiger partial charge in [-0.2, -0.15) is 0 Å². The highest BCUT2D eigenvalue weighted by atomic mass is 16.5. The van der Waals surface area contributed by atoms with Gasteiger partial charge in [0.1, 0.15) is 16.5 Å². The Bertz CT molecular complexity index is 949. The zero-order chi connectivity index (χ0) is 14.6. The molecule has 0 saturated heterocycles. The van der Waals surface area contributed by atoms with Crippen molar-refractivity contribution in [2.75, 3.05) is 7.11 Å². The fourth-order valence-corrected chi connectivity index (χ4v) is 2.52. The highest BCUT2D eigenvalue weighted by Crippen LogP contribution is 2.41. The van der Waals surface area contributed by atoms with Gasteiger partial charge in [0.25, 0.3) is 11.9 Å². The molecule has 0 aliphatic rings. The van der Waals surface area contributed by atoms with E-state index in [9.17, 15) is 19.8 Å². The van der Waals surface area contributed by atoms with E-state index in [1.165, 1.54) is 19.2 Å². The molecule has 1 heterocycles. The minimum atomic E-state index is -0.724. The summed E-state index contributed by atoms with van der Waals surface area (Å²) < 4.78 is 9.81. The van der Waals surface area contributed by atoms with Gasteiger partial charge in [-0.15, -0.1) is 0 Å². The highest BCUT2D eigenvalue weighted by molar-refractivity contribution is 6.15. The lowest BCUT2D eigenvalue weighted by atomic mass is 9.98. The van der Waals surface area contributed by atoms with Crippen molar-refractivity contribution >= 4 is 21.5 Å². The number of aromatic hydroxyl groups is 2. The molecule has 102 valence electrons. The van der Waals surface area contributed by atoms with E-state index >= 15 is 0 Å². The molecule has 0 radical (unpaired) electrons. The third kappa shape index (κ3) is 1.38. The monoisotopic (exact) mass is 274 g/mol. The van der Waals surface area contributed by atoms with E-state index in [0.29, 0.717) is 5.56 Å². The summed E-state index contributed by atoms with van der Waals surface area (Å²) in [6.07, 6.45) is 0. The molecule has 0 amide bonds. The molecule has 0 saturated carbocycles. The second kappa shape index (κ2) is 3.86. The van der Waals surface area contributed by atoms with Crippen LogP contribution in [0.2, 0.25) is 0 Å². The zero-order valence-corrected chi connectivity index (χ0v) is 10.7. The molecule has 0 aliphatic heterocycles. The fourth-order valence-electron chi connectivity index (χ4n) is 2.52. The van der Waals surface area contributed by atoms with E-state index in [-0.39, 0.29) is 32.7 Å². The van der Waals surface area contributed by atoms with Crippen LogP contribution < -0.4 is 15.6 Å². The van der Waals surface area contributed by atoms with Gasteiger partial charge in [-0.1, -0.05) is 0 Å². The lowest BCUT2D eigenvalue weighted by molar-refractivity contribution is 0.261. The quantitative estimate of drug-likeness (QED) is 0.697. The maximum atomic E-state index is 12.1. The van der Waals surface area contributed by atoms with Crippen molar-refractivity contribution in [1.29, 1.82) is 0 Å². The minimum Gasteiger partial charge on any atom is -0.496 e. The van der Waals surface area contributed by atoms with E-state index in [2.05, 4.69) is 0 Å². The third-order valence-corrected chi connectivity index (χ3v) is 3.33. The molecule has 0 unspecified atom stereocenters. The van der Waals surface area contributed by atoms with Gasteiger partial charge < -0.3 is 19.4 Å². The van der Waals surface area contributed by atoms with Gasteiger partial charge in [-0.3, -0.25) is 9.59 Å². The Hall–Kier alpha value is -2.76. The maximum Gasteiger partial charge on any atom is 0.296 e. The Morgan fingerprint density at radius 2 is 1.55 bits per heavy atom. The van der Waals surface area contributed by atoms with E-state index in [4.69, 9.17) is 9.15 Å². The molecule has 0 bridgehead atoms. The van der Waals surface area contributed by atoms with Gasteiger partial charge in [0, 0.05) is 16.8 Å². The van der Waals surface area contributed by atoms with Crippen LogP contribution in [0.1, 0.15) is 5.56 Å². The molecule has 0 fully saturated rings. The molecule has 1 aromatic heterocycles. The van der Waals surface area contributed by atoms with Crippen LogP contribution in [-0.2, 0) is 0 Å². The Morgan fingerprint density at radius 3 is 2.20 bits per heavy atom. The summed E-state index contributed by atoms with van der Waals surface area (Å²) in [5, 5.41) is 19.9. The topological polar surface area (TPSA) is 97.0 Å². The summed E-state index contributed by atoms with van der Waals surface area (Å²) in [5.74, 6) is -1.25. The normalized spacial score (nSPS) is 11.3. The first-order chi connectivity index (χ1) is 9.45. The van der Waals surface area contributed by atoms with Crippen molar-refractivity contribution in [3.63, 3.8) is 0 Å². The SMILES string of the molecule is COc1cc(=O)c2c(C)cc(=O)c3c(O)oc(O)c1c23. The molecule has 3 rings (SSSR count). The summed E-state index contributed by atoms with van der Waals surface area (Å²) in [7, 11) is 1.33. The van der Waals surface area contributed by atoms with Crippen LogP contribution in [-0.4, -0.2) is 17.3 Å². The predicted molar refractivity (Wildman–Crippen MR) is 72.1 cm³/mol. The fraction of sp³-hybridized carbons (Fsp3) is 0.143. The Kier molecular flexibility index (Phi) is 2.37. The van der Waals surface area contributed by atoms with Crippen molar-refractivity contribution in [3.05, 3.63) is 38.1 Å². The van der Waals surface area contributed by atoms with Gasteiger partial charge in [-0.05, 0) is 18.6 Å². The van der Waals surface area contributed by atoms with E-state index in [1.807, 2.05) is 0 Å². The first-order valence-electron chi connectivity index (χ1n) is 5.78. The van der Waals surface area contributed by atoms with Crippen LogP contribution in [0.3, 0.4) is 0 Å². The molecule has 2 aromatic carbocycles. The molecular weight excluding hydrogens is 264 g/mol. The lowest BCUT2D eigenvalue weighted by Gasteiger charge is -2.11. The van der Waals surface area contributed by atoms with Gasteiger partial charge in [0.15, 0.2) is 10.9 Å². The van der Waals surface area contributed by atoms with Gasteiger partial charge in [0.2, 0.25) is 0 Å². The van der Waals surface area contributed by atoms with Crippen LogP contribution >= 0.6 is 0 Å². The molecular formula is C14H10O6. The first-order valence-corrected chi connectivity index (χ1v) is 5.78. The number of ether oxygens (including phenoxy) is 1. The summed E-state index contributed by atoms with van der Waals surface area (Å²) in [6.45, 7) is 1.61. The Balaban J connectivity index is 2.85. The number of methoxy groups -OCH3 is 1. The number of rotatable bonds is 1. The van der Waals surface area contributed by atoms with Crippen LogP contribution in [0.5, 0.6) is 17.6 Å². The number of aryl methyl sites for hydroxylation is 1. The average molecular weight is 274 g/mol. The number of hydrogen-bond acceptors (Lipinski definition) is 6. The lowest BCUT2D eigenvalue weighted by Crippen LogP contribution is -2.10. The molecule has 2 N–H and O–H groups in total. The van der Waals surface area contributed by atoms with Crippen molar-refractivity contribution in [2.45, 2.75) is 6.92 Å². The molecule has 0 atom stereocenters. The van der Waals surface area contributed by atoms with E-state index in [0.717, 1.165) is 0 Å². The van der Waals surface area contributed by atoms with Gasteiger partial charge in [-0.25, -0.2) is 0 Å². The third-order valence-electron chi connectivity index (χ3n) is 3.33. The van der Waals surface area contributed by atoms with Crippen molar-refractivity contribution < 1.29 is 19.4 Å². The van der Waals surface area contributed by atoms with Crippen LogP contribution in [0, 0.1) is 6.92 Å². The van der Waals surface area contributed by atoms with E-state index < -0.39 is 17.3 Å². The molecule has 0 spiro atoms. The van der Waals surface area contributed by atoms with Crippen molar-refractivity contribution in [1.82, 2.24) is 0 Å². The molecule has 20 heavy (non-hydrogen) atoms. The molecule has 3 aromatic rings. The minimum absolute atomic E-state index is 0.0822. The van der Waals surface area contributed by atoms with Gasteiger partial charge >= 0.3 is 0 Å². The largest absolute Gasteiger partial charge is 0.496 e. The summed E-state index contributed by atoms with van der Waals surface area (Å²) in [6, 6.07) is 2.46. The highest BCUT2D eigenvalue weighted by Gasteiger charge is 2.22. The average Bonchev–Trinajstić information content (AvgIpc) is 2.36. The number of benzene rings is 2. The number of hydrogen-bond donors (Lipinski definition) is 2. The first kappa shape index (κ1) is 12.3. The van der Waals surface area contributed by atoms with Crippen LogP contribution in [0.4, 0.5) is 0 Å². The molecule has 0 aliphatic carbocycles. The molecule has 6 nitrogen and oxygen atoms in total. The zero-order valence-electron chi connectivity index (χ0n) is 10.7. The van der Waals surface area contributed by atoms with Gasteiger partial charge in [0.05, 0.1) is 7.11 Å². The second-order valence-corrected chi connectivity index (χ2v) is 4.48. The van der Waals surface area contributed by atoms with Crippen molar-refractivity contribution in [2.24, 2.45) is 0 Å². The molecule has 6 heteroatoms. The van der Waals surface area contributed by atoms with Crippen LogP contribution in [0.25, 0.3) is 21.5 Å². The Morgan fingerprint density at radius 1 is 0.950 bits per heavy atom. The second-order valence-electron chi connectivity index (χ2n) is 4.48. The summed E-state index contributed by atoms with van der Waals surface area (Å²) >= 11 is 0. The predicted octanol–water partition coefficient (Wildman–Crippen LogP) is 1.47. The van der Waals surface area contributed by atoms with Crippen molar-refractivity contribution in [3.8, 4) is 17.6 Å². The Labute approximate surface area is 111 Å². The standard InChI is InChI=1S/C14H10O6/c1-5-3-6(15)10-12-9(5)7(16)4-8(19-2)11(12)14(18)20-13(10)17/h3-4,17-18H,1-2H3.